The van der Waals surface area contributed by atoms with Crippen LogP contribution in [0, 0.1) is 40.4 Å². The van der Waals surface area contributed by atoms with Crippen molar-refractivity contribution >= 4 is 0 Å². The molecule has 0 bridgehead atoms. The van der Waals surface area contributed by atoms with Crippen molar-refractivity contribution in [3.8, 4) is 0 Å². The van der Waals surface area contributed by atoms with E-state index in [1.54, 1.807) is 7.11 Å². The Labute approximate surface area is 159 Å². The van der Waals surface area contributed by atoms with E-state index < -0.39 is 5.60 Å². The van der Waals surface area contributed by atoms with Gasteiger partial charge >= 0.3 is 0 Å². The topological polar surface area (TPSA) is 49.7 Å². The Kier molecular flexibility index (Phi) is 4.77. The third-order valence-electron chi connectivity index (χ3n) is 9.89. The average molecular weight is 365 g/mol. The van der Waals surface area contributed by atoms with Crippen LogP contribution in [0.4, 0.5) is 0 Å². The first-order valence-corrected chi connectivity index (χ1v) is 11.1. The predicted molar refractivity (Wildman–Crippen MR) is 104 cm³/mol. The van der Waals surface area contributed by atoms with Crippen LogP contribution in [0.25, 0.3) is 0 Å². The summed E-state index contributed by atoms with van der Waals surface area (Å²) in [6.07, 6.45) is 10.6. The Morgan fingerprint density at radius 1 is 0.962 bits per heavy atom. The molecule has 0 saturated heterocycles. The monoisotopic (exact) mass is 364 g/mol. The van der Waals surface area contributed by atoms with Gasteiger partial charge in [-0.15, -0.1) is 0 Å². The van der Waals surface area contributed by atoms with Gasteiger partial charge in [0.1, 0.15) is 0 Å². The third kappa shape index (κ3) is 2.71. The first kappa shape index (κ1) is 19.2. The van der Waals surface area contributed by atoms with E-state index in [-0.39, 0.29) is 6.10 Å². The molecular weight excluding hydrogens is 324 g/mol. The highest BCUT2D eigenvalue weighted by Gasteiger charge is 2.61. The van der Waals surface area contributed by atoms with Gasteiger partial charge in [-0.25, -0.2) is 0 Å². The normalized spacial score (nSPS) is 54.9. The molecule has 0 aromatic rings. The molecule has 0 aromatic carbocycles. The van der Waals surface area contributed by atoms with Crippen molar-refractivity contribution in [3.63, 3.8) is 0 Å². The largest absolute Gasteiger partial charge is 0.393 e. The fourth-order valence-electron chi connectivity index (χ4n) is 8.56. The van der Waals surface area contributed by atoms with Crippen molar-refractivity contribution in [3.05, 3.63) is 0 Å². The standard InChI is InChI=1S/C23H40O3/c1-15(24)18-7-8-19-17-6-5-16-13-23(25,14-26-4)12-11-21(16,2)20(17)9-10-22(18,19)3/h15-20,24-25H,5-14H2,1-4H3/t15-,16-,17-,18+,19-,20-,21-,22+,23+/m0/s1. The maximum Gasteiger partial charge on any atom is 0.0883 e. The molecule has 4 saturated carbocycles. The Hall–Kier alpha value is -0.120. The summed E-state index contributed by atoms with van der Waals surface area (Å²) in [4.78, 5) is 0. The lowest BCUT2D eigenvalue weighted by Gasteiger charge is -2.62. The van der Waals surface area contributed by atoms with Gasteiger partial charge in [-0.3, -0.25) is 0 Å². The second-order valence-electron chi connectivity index (χ2n) is 11.0. The second-order valence-corrected chi connectivity index (χ2v) is 11.0. The highest BCUT2D eigenvalue weighted by atomic mass is 16.5. The van der Waals surface area contributed by atoms with Crippen LogP contribution in [-0.2, 0) is 4.74 Å². The lowest BCUT2D eigenvalue weighted by molar-refractivity contribution is -0.164. The van der Waals surface area contributed by atoms with Crippen LogP contribution in [0.3, 0.4) is 0 Å². The van der Waals surface area contributed by atoms with Crippen LogP contribution in [-0.4, -0.2) is 35.6 Å². The minimum Gasteiger partial charge on any atom is -0.393 e. The molecule has 0 unspecified atom stereocenters. The molecule has 4 fully saturated rings. The third-order valence-corrected chi connectivity index (χ3v) is 9.89. The maximum atomic E-state index is 11.0. The molecule has 0 heterocycles. The zero-order valence-electron chi connectivity index (χ0n) is 17.3. The molecule has 2 N–H and O–H groups in total. The van der Waals surface area contributed by atoms with E-state index in [0.717, 1.165) is 37.0 Å². The number of ether oxygens (including phenoxy) is 1. The summed E-state index contributed by atoms with van der Waals surface area (Å²) in [5.41, 5.74) is 0.150. The minimum absolute atomic E-state index is 0.160. The zero-order valence-corrected chi connectivity index (χ0v) is 17.3. The molecule has 150 valence electrons. The van der Waals surface area contributed by atoms with Gasteiger partial charge in [0.2, 0.25) is 0 Å². The summed E-state index contributed by atoms with van der Waals surface area (Å²) >= 11 is 0. The molecule has 4 aliphatic carbocycles. The molecule has 0 aliphatic heterocycles. The van der Waals surface area contributed by atoms with Gasteiger partial charge in [0.05, 0.1) is 18.3 Å². The fourth-order valence-corrected chi connectivity index (χ4v) is 8.56. The van der Waals surface area contributed by atoms with Crippen molar-refractivity contribution in [1.29, 1.82) is 0 Å². The number of hydrogen-bond donors (Lipinski definition) is 2. The Morgan fingerprint density at radius 2 is 1.69 bits per heavy atom. The maximum absolute atomic E-state index is 11.0. The Bertz CT molecular complexity index is 534. The van der Waals surface area contributed by atoms with Crippen LogP contribution in [0.2, 0.25) is 0 Å². The van der Waals surface area contributed by atoms with E-state index in [1.807, 2.05) is 6.92 Å². The van der Waals surface area contributed by atoms with E-state index in [0.29, 0.717) is 29.3 Å². The van der Waals surface area contributed by atoms with Gasteiger partial charge in [0.15, 0.2) is 0 Å². The van der Waals surface area contributed by atoms with Gasteiger partial charge in [0.25, 0.3) is 0 Å². The van der Waals surface area contributed by atoms with E-state index in [1.165, 1.54) is 38.5 Å². The van der Waals surface area contributed by atoms with Gasteiger partial charge in [-0.1, -0.05) is 13.8 Å². The minimum atomic E-state index is -0.598. The summed E-state index contributed by atoms with van der Waals surface area (Å²) in [7, 11) is 1.71. The van der Waals surface area contributed by atoms with E-state index in [9.17, 15) is 10.2 Å². The molecule has 0 spiro atoms. The van der Waals surface area contributed by atoms with Crippen LogP contribution < -0.4 is 0 Å². The molecule has 4 rings (SSSR count). The molecule has 4 aliphatic rings. The van der Waals surface area contributed by atoms with Gasteiger partial charge in [-0.2, -0.15) is 0 Å². The van der Waals surface area contributed by atoms with Crippen molar-refractivity contribution < 1.29 is 14.9 Å². The number of hydrogen-bond acceptors (Lipinski definition) is 3. The molecule has 0 amide bonds. The van der Waals surface area contributed by atoms with Crippen LogP contribution in [0.5, 0.6) is 0 Å². The summed E-state index contributed by atoms with van der Waals surface area (Å²) < 4.78 is 5.33. The summed E-state index contributed by atoms with van der Waals surface area (Å²) in [6, 6.07) is 0. The van der Waals surface area contributed by atoms with Crippen LogP contribution >= 0.6 is 0 Å². The van der Waals surface area contributed by atoms with Crippen molar-refractivity contribution in [2.24, 2.45) is 40.4 Å². The number of fused-ring (bicyclic) bond motifs is 5. The van der Waals surface area contributed by atoms with Crippen LogP contribution in [0.15, 0.2) is 0 Å². The first-order valence-electron chi connectivity index (χ1n) is 11.1. The molecular formula is C23H40O3. The lowest BCUT2D eigenvalue weighted by Crippen LogP contribution is -2.57. The van der Waals surface area contributed by atoms with Crippen LogP contribution in [0.1, 0.15) is 78.6 Å². The van der Waals surface area contributed by atoms with Crippen molar-refractivity contribution in [2.75, 3.05) is 13.7 Å². The quantitative estimate of drug-likeness (QED) is 0.780. The SMILES string of the molecule is COC[C@@]1(O)CC[C@@]2(C)[C@@H](CC[C@@H]3[C@@H]2CC[C@]2(C)[C@@H]([C@H](C)O)CC[C@@H]32)C1. The van der Waals surface area contributed by atoms with Gasteiger partial charge in [-0.05, 0) is 105 Å². The molecule has 3 nitrogen and oxygen atoms in total. The van der Waals surface area contributed by atoms with Crippen molar-refractivity contribution in [1.82, 2.24) is 0 Å². The van der Waals surface area contributed by atoms with E-state index in [2.05, 4.69) is 13.8 Å². The smallest absolute Gasteiger partial charge is 0.0883 e. The average Bonchev–Trinajstić information content (AvgIpc) is 2.93. The Morgan fingerprint density at radius 3 is 2.38 bits per heavy atom. The summed E-state index contributed by atoms with van der Waals surface area (Å²) in [6.45, 7) is 7.54. The van der Waals surface area contributed by atoms with Crippen molar-refractivity contribution in [2.45, 2.75) is 90.3 Å². The molecule has 9 atom stereocenters. The fraction of sp³-hybridized carbons (Fsp3) is 1.00. The summed E-state index contributed by atoms with van der Waals surface area (Å²) in [5.74, 6) is 3.61. The predicted octanol–water partition coefficient (Wildman–Crippen LogP) is 4.40. The molecule has 3 heteroatoms. The number of aliphatic hydroxyl groups is 2. The Balaban J connectivity index is 1.56. The highest BCUT2D eigenvalue weighted by molar-refractivity contribution is 5.11. The number of rotatable bonds is 3. The van der Waals surface area contributed by atoms with Gasteiger partial charge < -0.3 is 14.9 Å². The first-order chi connectivity index (χ1) is 12.2. The van der Waals surface area contributed by atoms with E-state index in [4.69, 9.17) is 4.74 Å². The molecule has 0 radical (unpaired) electrons. The lowest BCUT2D eigenvalue weighted by atomic mass is 9.44. The number of aliphatic hydroxyl groups excluding tert-OH is 1. The summed E-state index contributed by atoms with van der Waals surface area (Å²) in [5, 5.41) is 21.3. The van der Waals surface area contributed by atoms with E-state index >= 15 is 0 Å². The second kappa shape index (κ2) is 6.46. The molecule has 0 aromatic heterocycles. The zero-order chi connectivity index (χ0) is 18.7. The van der Waals surface area contributed by atoms with Gasteiger partial charge in [0, 0.05) is 7.11 Å². The number of methoxy groups -OCH3 is 1. The highest BCUT2D eigenvalue weighted by Crippen LogP contribution is 2.68. The molecule has 26 heavy (non-hydrogen) atoms.